The van der Waals surface area contributed by atoms with Crippen molar-refractivity contribution in [2.75, 3.05) is 5.73 Å². The number of nitriles is 1. The van der Waals surface area contributed by atoms with Crippen LogP contribution in [0.25, 0.3) is 22.4 Å². The van der Waals surface area contributed by atoms with E-state index in [4.69, 9.17) is 10.5 Å². The van der Waals surface area contributed by atoms with Crippen LogP contribution in [0.2, 0.25) is 0 Å². The van der Waals surface area contributed by atoms with Crippen LogP contribution in [0.5, 0.6) is 5.75 Å². The second-order valence-electron chi connectivity index (χ2n) is 7.10. The van der Waals surface area contributed by atoms with Gasteiger partial charge in [0.1, 0.15) is 29.8 Å². The lowest BCUT2D eigenvalue weighted by Gasteiger charge is -2.12. The molecule has 2 N–H and O–H groups in total. The predicted octanol–water partition coefficient (Wildman–Crippen LogP) is 5.76. The predicted molar refractivity (Wildman–Crippen MR) is 120 cm³/mol. The Hall–Kier alpha value is -4.10. The molecule has 0 atom stereocenters. The van der Waals surface area contributed by atoms with Gasteiger partial charge in [-0.3, -0.25) is 0 Å². The van der Waals surface area contributed by atoms with Crippen LogP contribution in [0.15, 0.2) is 84.9 Å². The Bertz CT molecular complexity index is 1230. The minimum atomic E-state index is 0.224. The van der Waals surface area contributed by atoms with Gasteiger partial charge < -0.3 is 10.5 Å². The largest absolute Gasteiger partial charge is 0.489 e. The number of hydrogen-bond donors (Lipinski definition) is 1. The number of aromatic nitrogens is 1. The molecule has 0 saturated heterocycles. The average molecular weight is 391 g/mol. The molecule has 0 aliphatic rings. The number of pyridine rings is 1. The molecule has 4 rings (SSSR count). The van der Waals surface area contributed by atoms with Gasteiger partial charge in [0.15, 0.2) is 0 Å². The van der Waals surface area contributed by atoms with Crippen LogP contribution < -0.4 is 10.5 Å². The first kappa shape index (κ1) is 19.2. The highest BCUT2D eigenvalue weighted by Crippen LogP contribution is 2.33. The Balaban J connectivity index is 1.71. The van der Waals surface area contributed by atoms with Crippen molar-refractivity contribution in [1.29, 1.82) is 5.26 Å². The molecule has 3 aromatic carbocycles. The number of ether oxygens (including phenoxy) is 1. The molecule has 0 aliphatic carbocycles. The van der Waals surface area contributed by atoms with Crippen LogP contribution in [-0.2, 0) is 6.61 Å². The molecule has 0 spiro atoms. The van der Waals surface area contributed by atoms with Crippen molar-refractivity contribution in [3.8, 4) is 34.2 Å². The zero-order chi connectivity index (χ0) is 20.9. The lowest BCUT2D eigenvalue weighted by molar-refractivity contribution is 0.306. The molecule has 4 heteroatoms. The Morgan fingerprint density at radius 3 is 2.43 bits per heavy atom. The number of nitrogens with two attached hydrogens (primary N) is 1. The third kappa shape index (κ3) is 4.16. The van der Waals surface area contributed by atoms with Gasteiger partial charge >= 0.3 is 0 Å². The number of nitrogen functional groups attached to an aromatic ring is 1. The van der Waals surface area contributed by atoms with Gasteiger partial charge in [-0.15, -0.1) is 0 Å². The van der Waals surface area contributed by atoms with Gasteiger partial charge in [0.2, 0.25) is 0 Å². The second kappa shape index (κ2) is 8.50. The van der Waals surface area contributed by atoms with Crippen molar-refractivity contribution < 1.29 is 4.74 Å². The van der Waals surface area contributed by atoms with Crippen molar-refractivity contribution in [2.45, 2.75) is 13.5 Å². The molecule has 0 amide bonds. The Morgan fingerprint density at radius 2 is 1.67 bits per heavy atom. The maximum atomic E-state index is 9.69. The van der Waals surface area contributed by atoms with Crippen LogP contribution >= 0.6 is 0 Å². The van der Waals surface area contributed by atoms with E-state index in [1.807, 2.05) is 85.8 Å². The van der Waals surface area contributed by atoms with E-state index in [0.29, 0.717) is 12.2 Å². The van der Waals surface area contributed by atoms with E-state index >= 15 is 0 Å². The SMILES string of the molecule is Cc1cccc(-c2cc(-c3cccc(OCc4ccccc4)c3)c(C#N)c(N)n2)c1. The molecule has 1 heterocycles. The van der Waals surface area contributed by atoms with Crippen LogP contribution in [-0.4, -0.2) is 4.98 Å². The zero-order valence-corrected chi connectivity index (χ0v) is 16.7. The van der Waals surface area contributed by atoms with Crippen molar-refractivity contribution in [3.63, 3.8) is 0 Å². The van der Waals surface area contributed by atoms with Gasteiger partial charge in [-0.1, -0.05) is 66.2 Å². The Labute approximate surface area is 176 Å². The molecular weight excluding hydrogens is 370 g/mol. The lowest BCUT2D eigenvalue weighted by Crippen LogP contribution is -2.00. The van der Waals surface area contributed by atoms with E-state index in [-0.39, 0.29) is 5.82 Å². The number of hydrogen-bond acceptors (Lipinski definition) is 4. The fraction of sp³-hybridized carbons (Fsp3) is 0.0769. The highest BCUT2D eigenvalue weighted by atomic mass is 16.5. The summed E-state index contributed by atoms with van der Waals surface area (Å²) in [7, 11) is 0. The Kier molecular flexibility index (Phi) is 5.45. The van der Waals surface area contributed by atoms with Crippen LogP contribution in [0, 0.1) is 18.3 Å². The normalized spacial score (nSPS) is 10.4. The van der Waals surface area contributed by atoms with Crippen LogP contribution in [0.4, 0.5) is 5.82 Å². The molecule has 0 fully saturated rings. The first-order chi connectivity index (χ1) is 14.6. The molecule has 30 heavy (non-hydrogen) atoms. The lowest BCUT2D eigenvalue weighted by atomic mass is 9.98. The maximum absolute atomic E-state index is 9.69. The molecule has 4 aromatic rings. The second-order valence-corrected chi connectivity index (χ2v) is 7.10. The fourth-order valence-corrected chi connectivity index (χ4v) is 3.36. The molecule has 0 unspecified atom stereocenters. The first-order valence-electron chi connectivity index (χ1n) is 9.69. The van der Waals surface area contributed by atoms with Gasteiger partial charge in [0, 0.05) is 11.1 Å². The highest BCUT2D eigenvalue weighted by molar-refractivity contribution is 5.80. The monoisotopic (exact) mass is 391 g/mol. The van der Waals surface area contributed by atoms with Crippen molar-refractivity contribution in [2.24, 2.45) is 0 Å². The molecule has 0 bridgehead atoms. The summed E-state index contributed by atoms with van der Waals surface area (Å²) in [6.45, 7) is 2.51. The van der Waals surface area contributed by atoms with Gasteiger partial charge in [0.25, 0.3) is 0 Å². The summed E-state index contributed by atoms with van der Waals surface area (Å²) in [5.74, 6) is 0.954. The topological polar surface area (TPSA) is 71.9 Å². The summed E-state index contributed by atoms with van der Waals surface area (Å²) in [5.41, 5.74) is 12.1. The third-order valence-electron chi connectivity index (χ3n) is 4.87. The van der Waals surface area contributed by atoms with Crippen molar-refractivity contribution >= 4 is 5.82 Å². The number of benzene rings is 3. The molecule has 0 saturated carbocycles. The molecule has 0 aliphatic heterocycles. The van der Waals surface area contributed by atoms with E-state index in [0.717, 1.165) is 39.3 Å². The number of rotatable bonds is 5. The minimum Gasteiger partial charge on any atom is -0.489 e. The third-order valence-corrected chi connectivity index (χ3v) is 4.87. The van der Waals surface area contributed by atoms with E-state index in [1.54, 1.807) is 0 Å². The highest BCUT2D eigenvalue weighted by Gasteiger charge is 2.14. The smallest absolute Gasteiger partial charge is 0.142 e. The summed E-state index contributed by atoms with van der Waals surface area (Å²) in [6, 6.07) is 29.9. The summed E-state index contributed by atoms with van der Waals surface area (Å²) in [5, 5.41) is 9.69. The summed E-state index contributed by atoms with van der Waals surface area (Å²) < 4.78 is 5.96. The van der Waals surface area contributed by atoms with E-state index in [1.165, 1.54) is 0 Å². The van der Waals surface area contributed by atoms with Gasteiger partial charge in [0.05, 0.1) is 5.69 Å². The molecule has 1 aromatic heterocycles. The summed E-state index contributed by atoms with van der Waals surface area (Å²) >= 11 is 0. The van der Waals surface area contributed by atoms with Gasteiger partial charge in [-0.25, -0.2) is 4.98 Å². The van der Waals surface area contributed by atoms with Crippen LogP contribution in [0.3, 0.4) is 0 Å². The Morgan fingerprint density at radius 1 is 0.900 bits per heavy atom. The van der Waals surface area contributed by atoms with E-state index < -0.39 is 0 Å². The molecular formula is C26H21N3O. The molecule has 4 nitrogen and oxygen atoms in total. The van der Waals surface area contributed by atoms with E-state index in [2.05, 4.69) is 17.1 Å². The summed E-state index contributed by atoms with van der Waals surface area (Å²) in [6.07, 6.45) is 0. The number of aryl methyl sites for hydroxylation is 1. The average Bonchev–Trinajstić information content (AvgIpc) is 2.78. The maximum Gasteiger partial charge on any atom is 0.142 e. The number of anilines is 1. The zero-order valence-electron chi connectivity index (χ0n) is 16.7. The number of nitrogens with zero attached hydrogens (tertiary/aromatic N) is 2. The molecule has 146 valence electrons. The quantitative estimate of drug-likeness (QED) is 0.470. The minimum absolute atomic E-state index is 0.224. The van der Waals surface area contributed by atoms with Crippen molar-refractivity contribution in [1.82, 2.24) is 4.98 Å². The van der Waals surface area contributed by atoms with Crippen LogP contribution in [0.1, 0.15) is 16.7 Å². The standard InChI is InChI=1S/C26H21N3O/c1-18-7-5-11-21(13-18)25-15-23(24(16-27)26(28)29-25)20-10-6-12-22(14-20)30-17-19-8-3-2-4-9-19/h2-15H,17H2,1H3,(H2,28,29). The van der Waals surface area contributed by atoms with Gasteiger partial charge in [-0.2, -0.15) is 5.26 Å². The fourth-order valence-electron chi connectivity index (χ4n) is 3.36. The van der Waals surface area contributed by atoms with Gasteiger partial charge in [-0.05, 0) is 42.3 Å². The molecule has 0 radical (unpaired) electrons. The first-order valence-corrected chi connectivity index (χ1v) is 9.69. The van der Waals surface area contributed by atoms with E-state index in [9.17, 15) is 5.26 Å². The van der Waals surface area contributed by atoms with Crippen molar-refractivity contribution in [3.05, 3.63) is 102 Å². The summed E-state index contributed by atoms with van der Waals surface area (Å²) in [4.78, 5) is 4.46.